The Morgan fingerprint density at radius 2 is 1.79 bits per heavy atom. The minimum Gasteiger partial charge on any atom is -0.492 e. The van der Waals surface area contributed by atoms with Crippen LogP contribution >= 0.6 is 34.2 Å². The molecular weight excluding hydrogens is 569 g/mol. The molecule has 0 saturated carbocycles. The molecule has 0 aliphatic carbocycles. The molecule has 0 radical (unpaired) electrons. The van der Waals surface area contributed by atoms with Crippen LogP contribution in [-0.2, 0) is 18.6 Å². The van der Waals surface area contributed by atoms with Gasteiger partial charge in [-0.15, -0.1) is 16.7 Å². The molecule has 0 saturated heterocycles. The molecule has 0 amide bonds. The molecule has 0 aliphatic rings. The van der Waals surface area contributed by atoms with Gasteiger partial charge in [-0.3, -0.25) is 0 Å². The highest BCUT2D eigenvalue weighted by Gasteiger charge is 2.24. The summed E-state index contributed by atoms with van der Waals surface area (Å²) in [6.45, 7) is 7.22. The van der Waals surface area contributed by atoms with Crippen LogP contribution < -0.4 is 9.47 Å². The van der Waals surface area contributed by atoms with Gasteiger partial charge < -0.3 is 19.7 Å². The van der Waals surface area contributed by atoms with Crippen molar-refractivity contribution >= 4 is 34.2 Å². The summed E-state index contributed by atoms with van der Waals surface area (Å²) in [4.78, 5) is 0. The quantitative estimate of drug-likeness (QED) is 0.237. The molecule has 1 aromatic heterocycles. The lowest BCUT2D eigenvalue weighted by Gasteiger charge is -2.27. The van der Waals surface area contributed by atoms with Gasteiger partial charge in [0, 0.05) is 17.2 Å². The van der Waals surface area contributed by atoms with Gasteiger partial charge in [-0.05, 0) is 58.0 Å². The molecule has 3 aromatic rings. The minimum atomic E-state index is -0.750. The van der Waals surface area contributed by atoms with Crippen LogP contribution in [0.5, 0.6) is 11.5 Å². The molecule has 2 aromatic carbocycles. The maximum absolute atomic E-state index is 10.2. The second kappa shape index (κ2) is 12.2. The number of aliphatic hydroxyl groups is 2. The summed E-state index contributed by atoms with van der Waals surface area (Å²) in [7, 11) is 0. The number of alkyl halides is 1. The van der Waals surface area contributed by atoms with Gasteiger partial charge >= 0.3 is 0 Å². The lowest BCUT2D eigenvalue weighted by atomic mass is 9.78. The van der Waals surface area contributed by atoms with Crippen molar-refractivity contribution in [3.63, 3.8) is 0 Å². The maximum atomic E-state index is 10.2. The number of aliphatic hydroxyl groups excluding tert-OH is 2. The zero-order valence-electron chi connectivity index (χ0n) is 19.6. The van der Waals surface area contributed by atoms with E-state index in [9.17, 15) is 5.11 Å². The number of ether oxygens (including phenoxy) is 2. The first-order valence-corrected chi connectivity index (χ1v) is 12.7. The normalized spacial score (nSPS) is 13.5. The Balaban J connectivity index is 1.59. The molecule has 9 heteroatoms. The molecule has 2 atom stereocenters. The summed E-state index contributed by atoms with van der Waals surface area (Å²) >= 11 is 8.19. The molecule has 0 fully saturated rings. The zero-order chi connectivity index (χ0) is 24.7. The lowest BCUT2D eigenvalue weighted by Crippen LogP contribution is -2.24. The Morgan fingerprint density at radius 1 is 1.09 bits per heavy atom. The lowest BCUT2D eigenvalue weighted by molar-refractivity contribution is 0.0888. The molecule has 34 heavy (non-hydrogen) atoms. The Labute approximate surface area is 219 Å². The van der Waals surface area contributed by atoms with Gasteiger partial charge in [0.2, 0.25) is 0 Å². The van der Waals surface area contributed by atoms with Crippen molar-refractivity contribution in [3.8, 4) is 11.5 Å². The molecule has 0 unspecified atom stereocenters. The first-order chi connectivity index (χ1) is 16.2. The molecule has 2 N–H and O–H groups in total. The van der Waals surface area contributed by atoms with Gasteiger partial charge in [0.1, 0.15) is 29.9 Å². The van der Waals surface area contributed by atoms with Crippen molar-refractivity contribution in [1.29, 1.82) is 0 Å². The van der Waals surface area contributed by atoms with Crippen LogP contribution in [0, 0.1) is 9.49 Å². The SMILES string of the molecule is C[C@@H](CCl)COc1ccc(C(C)(C)c2ccc(OC[C@H](O)Cn3cc(CO)nn3)cc2)cc1I. The molecule has 0 bridgehead atoms. The van der Waals surface area contributed by atoms with E-state index in [4.69, 9.17) is 26.2 Å². The van der Waals surface area contributed by atoms with E-state index in [2.05, 4.69) is 65.8 Å². The average Bonchev–Trinajstić information content (AvgIpc) is 3.29. The van der Waals surface area contributed by atoms with Crippen LogP contribution in [0.2, 0.25) is 0 Å². The fourth-order valence-electron chi connectivity index (χ4n) is 3.38. The van der Waals surface area contributed by atoms with E-state index in [1.165, 1.54) is 10.2 Å². The maximum Gasteiger partial charge on any atom is 0.132 e. The van der Waals surface area contributed by atoms with Crippen molar-refractivity contribution in [1.82, 2.24) is 15.0 Å². The van der Waals surface area contributed by atoms with Crippen LogP contribution in [0.1, 0.15) is 37.6 Å². The predicted octanol–water partition coefficient (Wildman–Crippen LogP) is 4.39. The number of halogens is 2. The fourth-order valence-corrected chi connectivity index (χ4v) is 4.14. The van der Waals surface area contributed by atoms with E-state index in [1.807, 2.05) is 30.3 Å². The number of benzene rings is 2. The van der Waals surface area contributed by atoms with Crippen molar-refractivity contribution in [3.05, 3.63) is 69.1 Å². The van der Waals surface area contributed by atoms with Crippen LogP contribution in [0.25, 0.3) is 0 Å². The Bertz CT molecular complexity index is 1060. The third kappa shape index (κ3) is 7.07. The average molecular weight is 600 g/mol. The third-order valence-corrected chi connectivity index (χ3v) is 6.97. The van der Waals surface area contributed by atoms with Crippen LogP contribution in [0.15, 0.2) is 48.7 Å². The third-order valence-electron chi connectivity index (χ3n) is 5.60. The Hall–Kier alpha value is -1.88. The molecule has 3 rings (SSSR count). The fraction of sp³-hybridized carbons (Fsp3) is 0.440. The number of hydrogen-bond acceptors (Lipinski definition) is 6. The van der Waals surface area contributed by atoms with Gasteiger partial charge in [0.15, 0.2) is 0 Å². The molecule has 7 nitrogen and oxygen atoms in total. The summed E-state index contributed by atoms with van der Waals surface area (Å²) in [5.41, 5.74) is 2.59. The van der Waals surface area contributed by atoms with Gasteiger partial charge in [-0.1, -0.05) is 44.2 Å². The first-order valence-electron chi connectivity index (χ1n) is 11.1. The molecule has 0 spiro atoms. The van der Waals surface area contributed by atoms with E-state index in [0.29, 0.717) is 29.8 Å². The molecular formula is C25H31ClIN3O4. The number of aromatic nitrogens is 3. The summed E-state index contributed by atoms with van der Waals surface area (Å²) in [5.74, 6) is 2.43. The predicted molar refractivity (Wildman–Crippen MR) is 141 cm³/mol. The summed E-state index contributed by atoms with van der Waals surface area (Å²) in [5, 5.41) is 26.9. The van der Waals surface area contributed by atoms with E-state index in [1.54, 1.807) is 6.20 Å². The molecule has 184 valence electrons. The first kappa shape index (κ1) is 26.7. The van der Waals surface area contributed by atoms with Crippen molar-refractivity contribution < 1.29 is 19.7 Å². The minimum absolute atomic E-state index is 0.124. The standard InChI is InChI=1S/C25H31ClIN3O4/c1-17(11-26)15-34-24-9-6-19(10-23(24)27)25(2,3)18-4-7-22(8-5-18)33-16-21(32)13-30-12-20(14-31)28-29-30/h4-10,12,17,21,31-32H,11,13-16H2,1-3H3/t17-,21+/m0/s1. The Kier molecular flexibility index (Phi) is 9.58. The monoisotopic (exact) mass is 599 g/mol. The highest BCUT2D eigenvalue weighted by Crippen LogP contribution is 2.35. The highest BCUT2D eigenvalue weighted by molar-refractivity contribution is 14.1. The second-order valence-electron chi connectivity index (χ2n) is 8.92. The number of rotatable bonds is 12. The largest absolute Gasteiger partial charge is 0.492 e. The number of hydrogen-bond donors (Lipinski definition) is 2. The summed E-state index contributed by atoms with van der Waals surface area (Å²) < 4.78 is 14.2. The molecule has 1 heterocycles. The highest BCUT2D eigenvalue weighted by atomic mass is 127. The van der Waals surface area contributed by atoms with Crippen LogP contribution in [0.4, 0.5) is 0 Å². The van der Waals surface area contributed by atoms with Crippen LogP contribution in [-0.4, -0.2) is 50.4 Å². The van der Waals surface area contributed by atoms with Crippen molar-refractivity contribution in [2.75, 3.05) is 19.1 Å². The summed E-state index contributed by atoms with van der Waals surface area (Å²) in [6.07, 6.45) is 0.847. The van der Waals surface area contributed by atoms with E-state index >= 15 is 0 Å². The van der Waals surface area contributed by atoms with Crippen molar-refractivity contribution in [2.24, 2.45) is 5.92 Å². The van der Waals surface area contributed by atoms with E-state index < -0.39 is 6.10 Å². The topological polar surface area (TPSA) is 89.6 Å². The van der Waals surface area contributed by atoms with E-state index in [-0.39, 0.29) is 25.2 Å². The molecule has 0 aliphatic heterocycles. The van der Waals surface area contributed by atoms with Gasteiger partial charge in [0.05, 0.1) is 29.5 Å². The van der Waals surface area contributed by atoms with Gasteiger partial charge in [0.25, 0.3) is 0 Å². The zero-order valence-corrected chi connectivity index (χ0v) is 22.5. The van der Waals surface area contributed by atoms with Gasteiger partial charge in [-0.25, -0.2) is 4.68 Å². The van der Waals surface area contributed by atoms with Crippen molar-refractivity contribution in [2.45, 2.75) is 45.4 Å². The van der Waals surface area contributed by atoms with E-state index in [0.717, 1.165) is 14.9 Å². The van der Waals surface area contributed by atoms with Gasteiger partial charge in [-0.2, -0.15) is 0 Å². The second-order valence-corrected chi connectivity index (χ2v) is 10.4. The number of nitrogens with zero attached hydrogens (tertiary/aromatic N) is 3. The Morgan fingerprint density at radius 3 is 2.41 bits per heavy atom. The summed E-state index contributed by atoms with van der Waals surface area (Å²) in [6, 6.07) is 14.2. The smallest absolute Gasteiger partial charge is 0.132 e. The van der Waals surface area contributed by atoms with Crippen LogP contribution in [0.3, 0.4) is 0 Å².